The summed E-state index contributed by atoms with van der Waals surface area (Å²) in [6.45, 7) is 1.97. The van der Waals surface area contributed by atoms with E-state index in [1.54, 1.807) is 30.3 Å². The lowest BCUT2D eigenvalue weighted by Gasteiger charge is -2.32. The van der Waals surface area contributed by atoms with Crippen LogP contribution in [0.1, 0.15) is 47.2 Å². The molecule has 2 N–H and O–H groups in total. The smallest absolute Gasteiger partial charge is 0.410 e. The molecule has 1 aromatic carbocycles. The number of halogens is 4. The second kappa shape index (κ2) is 7.71. The molecule has 158 valence electrons. The van der Waals surface area contributed by atoms with Gasteiger partial charge in [-0.25, -0.2) is 4.68 Å². The average molecular weight is 439 g/mol. The SMILES string of the molecule is CCc1cccc(NC(=O)c2nn3c(c2Cl)N[C@H](c2ccco2)CC3C(F)(F)F)c1. The van der Waals surface area contributed by atoms with Crippen molar-refractivity contribution in [1.29, 1.82) is 0 Å². The largest absolute Gasteiger partial charge is 0.467 e. The summed E-state index contributed by atoms with van der Waals surface area (Å²) >= 11 is 6.30. The number of hydrogen-bond acceptors (Lipinski definition) is 4. The molecule has 3 aromatic rings. The highest BCUT2D eigenvalue weighted by Crippen LogP contribution is 2.46. The van der Waals surface area contributed by atoms with Crippen LogP contribution in [0.3, 0.4) is 0 Å². The van der Waals surface area contributed by atoms with Crippen molar-refractivity contribution in [3.05, 3.63) is 64.7 Å². The van der Waals surface area contributed by atoms with Crippen LogP contribution in [0.25, 0.3) is 0 Å². The van der Waals surface area contributed by atoms with Gasteiger partial charge in [0, 0.05) is 12.1 Å². The predicted molar refractivity (Wildman–Crippen MR) is 106 cm³/mol. The minimum Gasteiger partial charge on any atom is -0.467 e. The number of alkyl halides is 3. The molecule has 0 spiro atoms. The Morgan fingerprint density at radius 2 is 2.17 bits per heavy atom. The lowest BCUT2D eigenvalue weighted by atomic mass is 10.0. The highest BCUT2D eigenvalue weighted by atomic mass is 35.5. The van der Waals surface area contributed by atoms with E-state index in [9.17, 15) is 18.0 Å². The Bertz CT molecular complexity index is 1060. The van der Waals surface area contributed by atoms with Crippen molar-refractivity contribution < 1.29 is 22.4 Å². The Morgan fingerprint density at radius 1 is 1.37 bits per heavy atom. The number of fused-ring (bicyclic) bond motifs is 1. The van der Waals surface area contributed by atoms with Gasteiger partial charge in [-0.3, -0.25) is 4.79 Å². The van der Waals surface area contributed by atoms with Gasteiger partial charge in [0.15, 0.2) is 11.7 Å². The molecule has 0 radical (unpaired) electrons. The number of rotatable bonds is 4. The van der Waals surface area contributed by atoms with Crippen molar-refractivity contribution in [2.24, 2.45) is 0 Å². The first-order valence-electron chi connectivity index (χ1n) is 9.33. The van der Waals surface area contributed by atoms with E-state index >= 15 is 0 Å². The average Bonchev–Trinajstić information content (AvgIpc) is 3.35. The van der Waals surface area contributed by atoms with Crippen LogP contribution in [-0.4, -0.2) is 21.9 Å². The molecule has 2 atom stereocenters. The topological polar surface area (TPSA) is 72.1 Å². The third-order valence-electron chi connectivity index (χ3n) is 4.99. The van der Waals surface area contributed by atoms with Crippen LogP contribution >= 0.6 is 11.6 Å². The number of nitrogens with one attached hydrogen (secondary N) is 2. The second-order valence-electron chi connectivity index (χ2n) is 6.97. The van der Waals surface area contributed by atoms with Gasteiger partial charge < -0.3 is 15.1 Å². The lowest BCUT2D eigenvalue weighted by Crippen LogP contribution is -2.35. The fourth-order valence-electron chi connectivity index (χ4n) is 3.47. The molecule has 0 aliphatic carbocycles. The van der Waals surface area contributed by atoms with Gasteiger partial charge >= 0.3 is 6.18 Å². The first-order chi connectivity index (χ1) is 14.3. The van der Waals surface area contributed by atoms with E-state index in [0.717, 1.165) is 16.7 Å². The number of aryl methyl sites for hydroxylation is 1. The molecular weight excluding hydrogens is 421 g/mol. The quantitative estimate of drug-likeness (QED) is 0.555. The molecule has 1 aliphatic heterocycles. The number of benzene rings is 1. The van der Waals surface area contributed by atoms with Gasteiger partial charge in [0.2, 0.25) is 0 Å². The Kier molecular flexibility index (Phi) is 5.23. The van der Waals surface area contributed by atoms with E-state index in [1.807, 2.05) is 13.0 Å². The van der Waals surface area contributed by atoms with Crippen molar-refractivity contribution in [3.63, 3.8) is 0 Å². The minimum absolute atomic E-state index is 0.0703. The van der Waals surface area contributed by atoms with Crippen LogP contribution < -0.4 is 10.6 Å². The summed E-state index contributed by atoms with van der Waals surface area (Å²) < 4.78 is 47.2. The standard InChI is InChI=1S/C20H18ClF3N4O2/c1-2-11-5-3-6-12(9-11)25-19(29)17-16(21)18-26-13(14-7-4-8-30-14)10-15(20(22,23)24)28(18)27-17/h3-9,13,15,26H,2,10H2,1H3,(H,25,29)/t13-,15?/m0/s1. The number of furan rings is 1. The zero-order valence-electron chi connectivity index (χ0n) is 15.8. The van der Waals surface area contributed by atoms with Crippen LogP contribution in [-0.2, 0) is 6.42 Å². The van der Waals surface area contributed by atoms with Gasteiger partial charge in [-0.15, -0.1) is 0 Å². The van der Waals surface area contributed by atoms with Gasteiger partial charge in [0.25, 0.3) is 5.91 Å². The number of anilines is 2. The zero-order chi connectivity index (χ0) is 21.5. The molecule has 10 heteroatoms. The molecule has 0 saturated carbocycles. The van der Waals surface area contributed by atoms with Gasteiger partial charge in [-0.05, 0) is 36.2 Å². The molecule has 30 heavy (non-hydrogen) atoms. The number of carbonyl (C=O) groups excluding carboxylic acids is 1. The Hall–Kier alpha value is -2.94. The van der Waals surface area contributed by atoms with Crippen molar-refractivity contribution in [2.45, 2.75) is 38.0 Å². The predicted octanol–water partition coefficient (Wildman–Crippen LogP) is 5.60. The third kappa shape index (κ3) is 3.77. The van der Waals surface area contributed by atoms with Crippen LogP contribution in [0.2, 0.25) is 5.02 Å². The number of amides is 1. The molecule has 3 heterocycles. The van der Waals surface area contributed by atoms with Crippen molar-refractivity contribution in [3.8, 4) is 0 Å². The molecule has 0 saturated heterocycles. The zero-order valence-corrected chi connectivity index (χ0v) is 16.6. The van der Waals surface area contributed by atoms with E-state index in [0.29, 0.717) is 11.4 Å². The van der Waals surface area contributed by atoms with Gasteiger partial charge in [0.05, 0.1) is 12.3 Å². The lowest BCUT2D eigenvalue weighted by molar-refractivity contribution is -0.174. The summed E-state index contributed by atoms with van der Waals surface area (Å²) in [6, 6.07) is 7.62. The summed E-state index contributed by atoms with van der Waals surface area (Å²) in [5.41, 5.74) is 1.23. The number of carbonyl (C=O) groups is 1. The molecule has 0 bridgehead atoms. The first kappa shape index (κ1) is 20.3. The normalized spacial score (nSPS) is 18.6. The minimum atomic E-state index is -4.58. The molecule has 1 aliphatic rings. The highest BCUT2D eigenvalue weighted by Gasteiger charge is 2.48. The van der Waals surface area contributed by atoms with E-state index in [1.165, 1.54) is 6.26 Å². The first-order valence-corrected chi connectivity index (χ1v) is 9.70. The molecule has 6 nitrogen and oxygen atoms in total. The molecule has 2 aromatic heterocycles. The monoisotopic (exact) mass is 438 g/mol. The molecule has 1 unspecified atom stereocenters. The van der Waals surface area contributed by atoms with Crippen LogP contribution in [0.4, 0.5) is 24.7 Å². The molecule has 0 fully saturated rings. The van der Waals surface area contributed by atoms with E-state index in [2.05, 4.69) is 15.7 Å². The van der Waals surface area contributed by atoms with Gasteiger partial charge in [0.1, 0.15) is 16.6 Å². The van der Waals surface area contributed by atoms with Crippen LogP contribution in [0, 0.1) is 0 Å². The number of hydrogen-bond donors (Lipinski definition) is 2. The fraction of sp³-hybridized carbons (Fsp3) is 0.300. The summed E-state index contributed by atoms with van der Waals surface area (Å²) in [6.07, 6.45) is -2.77. The molecular formula is C20H18ClF3N4O2. The summed E-state index contributed by atoms with van der Waals surface area (Å²) in [4.78, 5) is 12.7. The molecule has 4 rings (SSSR count). The van der Waals surface area contributed by atoms with E-state index in [4.69, 9.17) is 16.0 Å². The third-order valence-corrected chi connectivity index (χ3v) is 5.35. The van der Waals surface area contributed by atoms with Crippen molar-refractivity contribution >= 4 is 29.0 Å². The van der Waals surface area contributed by atoms with Crippen LogP contribution in [0.5, 0.6) is 0 Å². The highest BCUT2D eigenvalue weighted by molar-refractivity contribution is 6.36. The maximum absolute atomic E-state index is 13.7. The van der Waals surface area contributed by atoms with Crippen molar-refractivity contribution in [1.82, 2.24) is 9.78 Å². The maximum atomic E-state index is 13.7. The summed E-state index contributed by atoms with van der Waals surface area (Å²) in [5.74, 6) is -0.415. The second-order valence-corrected chi connectivity index (χ2v) is 7.35. The van der Waals surface area contributed by atoms with E-state index in [-0.39, 0.29) is 23.0 Å². The van der Waals surface area contributed by atoms with Crippen LogP contribution in [0.15, 0.2) is 47.1 Å². The molecule has 1 amide bonds. The van der Waals surface area contributed by atoms with Gasteiger partial charge in [-0.1, -0.05) is 30.7 Å². The summed E-state index contributed by atoms with van der Waals surface area (Å²) in [7, 11) is 0. The Labute approximate surface area is 175 Å². The summed E-state index contributed by atoms with van der Waals surface area (Å²) in [5, 5.41) is 9.31. The van der Waals surface area contributed by atoms with E-state index < -0.39 is 24.2 Å². The van der Waals surface area contributed by atoms with Crippen molar-refractivity contribution in [2.75, 3.05) is 10.6 Å². The maximum Gasteiger partial charge on any atom is 0.410 e. The Morgan fingerprint density at radius 3 is 2.83 bits per heavy atom. The van der Waals surface area contributed by atoms with Gasteiger partial charge in [-0.2, -0.15) is 18.3 Å². The fourth-order valence-corrected chi connectivity index (χ4v) is 3.73. The number of nitrogens with zero attached hydrogens (tertiary/aromatic N) is 2. The Balaban J connectivity index is 1.68. The number of aromatic nitrogens is 2.